The fraction of sp³-hybridized carbons (Fsp3) is 0.192. The molecule has 0 atom stereocenters. The average molecular weight is 429 g/mol. The summed E-state index contributed by atoms with van der Waals surface area (Å²) in [4.78, 5) is 19.3. The van der Waals surface area contributed by atoms with Gasteiger partial charge < -0.3 is 9.42 Å². The van der Waals surface area contributed by atoms with Gasteiger partial charge in [-0.25, -0.2) is 4.39 Å². The van der Waals surface area contributed by atoms with E-state index in [4.69, 9.17) is 4.52 Å². The van der Waals surface area contributed by atoms with Gasteiger partial charge >= 0.3 is 0 Å². The lowest BCUT2D eigenvalue weighted by Gasteiger charge is -2.22. The van der Waals surface area contributed by atoms with Crippen molar-refractivity contribution in [1.29, 1.82) is 0 Å². The Morgan fingerprint density at radius 2 is 1.69 bits per heavy atom. The topological polar surface area (TPSA) is 59.2 Å². The molecule has 1 amide bonds. The number of rotatable bonds is 8. The Morgan fingerprint density at radius 1 is 0.938 bits per heavy atom. The summed E-state index contributed by atoms with van der Waals surface area (Å²) in [5, 5.41) is 4.06. The maximum absolute atomic E-state index is 13.7. The average Bonchev–Trinajstić information content (AvgIpc) is 3.29. The van der Waals surface area contributed by atoms with Gasteiger partial charge in [-0.05, 0) is 37.1 Å². The van der Waals surface area contributed by atoms with Crippen LogP contribution in [0.4, 0.5) is 4.39 Å². The Balaban J connectivity index is 1.47. The number of hydrogen-bond acceptors (Lipinski definition) is 4. The van der Waals surface area contributed by atoms with Crippen molar-refractivity contribution in [2.24, 2.45) is 0 Å². The highest BCUT2D eigenvalue weighted by Crippen LogP contribution is 2.17. The lowest BCUT2D eigenvalue weighted by Crippen LogP contribution is -2.35. The molecule has 5 nitrogen and oxygen atoms in total. The molecule has 0 aliphatic heterocycles. The fourth-order valence-electron chi connectivity index (χ4n) is 3.43. The van der Waals surface area contributed by atoms with Gasteiger partial charge in [0.25, 0.3) is 5.91 Å². The van der Waals surface area contributed by atoms with E-state index < -0.39 is 5.82 Å². The number of halogens is 1. The molecule has 0 N–H and O–H groups in total. The molecule has 0 saturated carbocycles. The van der Waals surface area contributed by atoms with Gasteiger partial charge in [0.15, 0.2) is 0 Å². The van der Waals surface area contributed by atoms with Gasteiger partial charge in [-0.1, -0.05) is 71.4 Å². The van der Waals surface area contributed by atoms with E-state index in [0.29, 0.717) is 43.2 Å². The first kappa shape index (κ1) is 21.4. The van der Waals surface area contributed by atoms with Crippen LogP contribution in [-0.2, 0) is 12.8 Å². The number of nitrogens with zero attached hydrogens (tertiary/aromatic N) is 3. The monoisotopic (exact) mass is 429 g/mol. The number of carbonyl (C=O) groups excluding carboxylic acids is 1. The zero-order chi connectivity index (χ0) is 22.3. The van der Waals surface area contributed by atoms with Crippen LogP contribution in [0.5, 0.6) is 0 Å². The lowest BCUT2D eigenvalue weighted by atomic mass is 10.1. The van der Waals surface area contributed by atoms with Crippen molar-refractivity contribution in [2.45, 2.75) is 19.8 Å². The first-order valence-electron chi connectivity index (χ1n) is 10.6. The van der Waals surface area contributed by atoms with Crippen molar-refractivity contribution < 1.29 is 13.7 Å². The van der Waals surface area contributed by atoms with E-state index in [1.54, 1.807) is 17.0 Å². The van der Waals surface area contributed by atoms with Crippen LogP contribution in [0.3, 0.4) is 0 Å². The summed E-state index contributed by atoms with van der Waals surface area (Å²) in [5.74, 6) is 0.321. The van der Waals surface area contributed by atoms with Crippen LogP contribution in [0.1, 0.15) is 27.4 Å². The van der Waals surface area contributed by atoms with Gasteiger partial charge in [-0.15, -0.1) is 0 Å². The summed E-state index contributed by atoms with van der Waals surface area (Å²) < 4.78 is 19.1. The Morgan fingerprint density at radius 3 is 2.44 bits per heavy atom. The van der Waals surface area contributed by atoms with Gasteiger partial charge in [0.2, 0.25) is 11.7 Å². The molecule has 3 aromatic carbocycles. The molecular formula is C26H24FN3O2. The fourth-order valence-corrected chi connectivity index (χ4v) is 3.43. The van der Waals surface area contributed by atoms with Crippen LogP contribution >= 0.6 is 0 Å². The minimum Gasteiger partial charge on any atom is -0.339 e. The van der Waals surface area contributed by atoms with Gasteiger partial charge in [-0.2, -0.15) is 4.98 Å². The molecule has 0 bridgehead atoms. The Hall–Kier alpha value is -3.80. The molecule has 0 saturated heterocycles. The minimum atomic E-state index is -0.432. The third-order valence-electron chi connectivity index (χ3n) is 5.25. The highest BCUT2D eigenvalue weighted by atomic mass is 19.1. The molecule has 4 rings (SSSR count). The maximum Gasteiger partial charge on any atom is 0.253 e. The first-order chi connectivity index (χ1) is 15.6. The van der Waals surface area contributed by atoms with E-state index in [-0.39, 0.29) is 5.91 Å². The van der Waals surface area contributed by atoms with Crippen LogP contribution in [0, 0.1) is 12.7 Å². The zero-order valence-electron chi connectivity index (χ0n) is 17.9. The predicted molar refractivity (Wildman–Crippen MR) is 121 cm³/mol. The molecule has 6 heteroatoms. The largest absolute Gasteiger partial charge is 0.339 e. The summed E-state index contributed by atoms with van der Waals surface area (Å²) >= 11 is 0. The predicted octanol–water partition coefficient (Wildman–Crippen LogP) is 5.11. The molecule has 0 radical (unpaired) electrons. The second kappa shape index (κ2) is 10.0. The summed E-state index contributed by atoms with van der Waals surface area (Å²) in [6.07, 6.45) is 1.11. The van der Waals surface area contributed by atoms with Crippen molar-refractivity contribution in [3.63, 3.8) is 0 Å². The standard InChI is InChI=1S/C26H24FN3O2/c1-19-10-12-21(13-11-19)25-28-24(32-29-25)15-17-30(16-14-20-6-3-2-4-7-20)26(31)22-8-5-9-23(27)18-22/h2-13,18H,14-17H2,1H3. The molecule has 0 aliphatic rings. The van der Waals surface area contributed by atoms with E-state index in [0.717, 1.165) is 16.7 Å². The molecule has 0 fully saturated rings. The first-order valence-corrected chi connectivity index (χ1v) is 10.6. The van der Waals surface area contributed by atoms with E-state index in [1.807, 2.05) is 61.5 Å². The van der Waals surface area contributed by atoms with Crippen molar-refractivity contribution in [1.82, 2.24) is 15.0 Å². The second-order valence-corrected chi connectivity index (χ2v) is 7.67. The van der Waals surface area contributed by atoms with Crippen molar-refractivity contribution in [2.75, 3.05) is 13.1 Å². The van der Waals surface area contributed by atoms with Crippen molar-refractivity contribution >= 4 is 5.91 Å². The minimum absolute atomic E-state index is 0.223. The lowest BCUT2D eigenvalue weighted by molar-refractivity contribution is 0.0755. The van der Waals surface area contributed by atoms with E-state index >= 15 is 0 Å². The highest BCUT2D eigenvalue weighted by molar-refractivity contribution is 5.94. The normalized spacial score (nSPS) is 10.8. The molecule has 0 spiro atoms. The van der Waals surface area contributed by atoms with Crippen molar-refractivity contribution in [3.8, 4) is 11.4 Å². The quantitative estimate of drug-likeness (QED) is 0.390. The smallest absolute Gasteiger partial charge is 0.253 e. The van der Waals surface area contributed by atoms with Crippen LogP contribution in [0.15, 0.2) is 83.4 Å². The molecule has 4 aromatic rings. The number of amides is 1. The van der Waals surface area contributed by atoms with E-state index in [9.17, 15) is 9.18 Å². The van der Waals surface area contributed by atoms with E-state index in [2.05, 4.69) is 10.1 Å². The SMILES string of the molecule is Cc1ccc(-c2noc(CCN(CCc3ccccc3)C(=O)c3cccc(F)c3)n2)cc1. The molecule has 0 aliphatic carbocycles. The van der Waals surface area contributed by atoms with Gasteiger partial charge in [0, 0.05) is 30.6 Å². The second-order valence-electron chi connectivity index (χ2n) is 7.67. The van der Waals surface area contributed by atoms with Crippen LogP contribution < -0.4 is 0 Å². The van der Waals surface area contributed by atoms with Gasteiger partial charge in [0.1, 0.15) is 5.82 Å². The third-order valence-corrected chi connectivity index (χ3v) is 5.25. The van der Waals surface area contributed by atoms with E-state index in [1.165, 1.54) is 12.1 Å². The number of benzene rings is 3. The summed E-state index contributed by atoms with van der Waals surface area (Å²) in [6.45, 7) is 2.90. The molecular weight excluding hydrogens is 405 g/mol. The summed E-state index contributed by atoms with van der Waals surface area (Å²) in [7, 11) is 0. The number of aromatic nitrogens is 2. The summed E-state index contributed by atoms with van der Waals surface area (Å²) in [6, 6.07) is 23.6. The zero-order valence-corrected chi connectivity index (χ0v) is 17.9. The number of aryl methyl sites for hydroxylation is 1. The Kier molecular flexibility index (Phi) is 6.70. The Bertz CT molecular complexity index is 1170. The third kappa shape index (κ3) is 5.46. The van der Waals surface area contributed by atoms with Crippen LogP contribution in [0.25, 0.3) is 11.4 Å². The molecule has 1 aromatic heterocycles. The maximum atomic E-state index is 13.7. The van der Waals surface area contributed by atoms with Gasteiger partial charge in [0.05, 0.1) is 0 Å². The number of hydrogen-bond donors (Lipinski definition) is 0. The van der Waals surface area contributed by atoms with Gasteiger partial charge in [-0.3, -0.25) is 4.79 Å². The molecule has 32 heavy (non-hydrogen) atoms. The molecule has 1 heterocycles. The van der Waals surface area contributed by atoms with Crippen LogP contribution in [0.2, 0.25) is 0 Å². The number of carbonyl (C=O) groups is 1. The Labute approximate surface area is 186 Å². The summed E-state index contributed by atoms with van der Waals surface area (Å²) in [5.41, 5.74) is 3.48. The molecule has 162 valence electrons. The van der Waals surface area contributed by atoms with Crippen LogP contribution in [-0.4, -0.2) is 34.0 Å². The molecule has 0 unspecified atom stereocenters. The van der Waals surface area contributed by atoms with Crippen molar-refractivity contribution in [3.05, 3.63) is 107 Å². The highest BCUT2D eigenvalue weighted by Gasteiger charge is 2.18.